The first-order chi connectivity index (χ1) is 12.1. The summed E-state index contributed by atoms with van der Waals surface area (Å²) in [5.41, 5.74) is 5.79. The maximum absolute atomic E-state index is 10.9. The van der Waals surface area contributed by atoms with Crippen molar-refractivity contribution in [2.45, 2.75) is 84.0 Å². The van der Waals surface area contributed by atoms with Crippen LogP contribution in [0.1, 0.15) is 89.8 Å². The van der Waals surface area contributed by atoms with Gasteiger partial charge in [-0.1, -0.05) is 78.6 Å². The zero-order valence-electron chi connectivity index (χ0n) is 17.3. The Morgan fingerprint density at radius 1 is 0.731 bits per heavy atom. The summed E-state index contributed by atoms with van der Waals surface area (Å²) in [6.45, 7) is 13.0. The molecule has 1 N–H and O–H groups in total. The van der Waals surface area contributed by atoms with Gasteiger partial charge in [-0.05, 0) is 58.4 Å². The monoisotopic (exact) mass is 350 g/mol. The van der Waals surface area contributed by atoms with Gasteiger partial charge < -0.3 is 5.11 Å². The van der Waals surface area contributed by atoms with Gasteiger partial charge in [-0.3, -0.25) is 0 Å². The van der Waals surface area contributed by atoms with Crippen LogP contribution in [0.3, 0.4) is 0 Å². The van der Waals surface area contributed by atoms with Gasteiger partial charge in [0.25, 0.3) is 0 Å². The zero-order valence-corrected chi connectivity index (χ0v) is 17.3. The molecule has 2 aromatic rings. The lowest BCUT2D eigenvalue weighted by atomic mass is 9.77. The number of rotatable bonds is 2. The number of aromatic hydroxyl groups is 1. The lowest BCUT2D eigenvalue weighted by Gasteiger charge is -2.28. The number of phenols is 1. The van der Waals surface area contributed by atoms with Crippen LogP contribution in [-0.4, -0.2) is 5.11 Å². The highest BCUT2D eigenvalue weighted by Crippen LogP contribution is 2.42. The van der Waals surface area contributed by atoms with Crippen molar-refractivity contribution in [2.75, 3.05) is 0 Å². The molecule has 0 atom stereocenters. The van der Waals surface area contributed by atoms with E-state index in [0.29, 0.717) is 5.75 Å². The minimum absolute atomic E-state index is 0.0934. The average molecular weight is 351 g/mol. The van der Waals surface area contributed by atoms with Crippen molar-refractivity contribution in [2.24, 2.45) is 0 Å². The molecule has 1 fully saturated rings. The third kappa shape index (κ3) is 3.82. The molecule has 0 aliphatic heterocycles. The van der Waals surface area contributed by atoms with E-state index in [1.807, 2.05) is 0 Å². The van der Waals surface area contributed by atoms with Gasteiger partial charge in [-0.2, -0.15) is 0 Å². The molecule has 26 heavy (non-hydrogen) atoms. The molecule has 0 radical (unpaired) electrons. The predicted molar refractivity (Wildman–Crippen MR) is 112 cm³/mol. The Kier molecular flexibility index (Phi) is 4.94. The van der Waals surface area contributed by atoms with E-state index >= 15 is 0 Å². The first kappa shape index (κ1) is 19.0. The van der Waals surface area contributed by atoms with Crippen molar-refractivity contribution in [3.8, 4) is 16.9 Å². The van der Waals surface area contributed by atoms with Crippen molar-refractivity contribution in [3.63, 3.8) is 0 Å². The topological polar surface area (TPSA) is 20.2 Å². The molecule has 1 aliphatic rings. The minimum Gasteiger partial charge on any atom is -0.507 e. The van der Waals surface area contributed by atoms with Gasteiger partial charge in [-0.15, -0.1) is 0 Å². The number of benzene rings is 2. The summed E-state index contributed by atoms with van der Waals surface area (Å²) < 4.78 is 0. The van der Waals surface area contributed by atoms with E-state index in [9.17, 15) is 5.11 Å². The third-order valence-corrected chi connectivity index (χ3v) is 5.80. The normalized spacial score (nSPS) is 16.2. The van der Waals surface area contributed by atoms with E-state index in [-0.39, 0.29) is 10.8 Å². The molecule has 1 saturated carbocycles. The third-order valence-electron chi connectivity index (χ3n) is 5.80. The number of phenolic OH excluding ortho intramolecular Hbond substituents is 1. The molecule has 0 saturated heterocycles. The molecule has 140 valence electrons. The second kappa shape index (κ2) is 6.76. The van der Waals surface area contributed by atoms with E-state index in [2.05, 4.69) is 77.9 Å². The van der Waals surface area contributed by atoms with E-state index in [0.717, 1.165) is 17.0 Å². The van der Waals surface area contributed by atoms with Crippen molar-refractivity contribution in [1.82, 2.24) is 0 Å². The Morgan fingerprint density at radius 2 is 1.19 bits per heavy atom. The number of hydrogen-bond acceptors (Lipinski definition) is 1. The predicted octanol–water partition coefficient (Wildman–Crippen LogP) is 7.31. The lowest BCUT2D eigenvalue weighted by molar-refractivity contribution is 0.423. The average Bonchev–Trinajstić information content (AvgIpc) is 3.07. The molecule has 0 spiro atoms. The van der Waals surface area contributed by atoms with Gasteiger partial charge in [0.05, 0.1) is 0 Å². The summed E-state index contributed by atoms with van der Waals surface area (Å²) in [4.78, 5) is 0. The van der Waals surface area contributed by atoms with Crippen LogP contribution in [0.4, 0.5) is 0 Å². The van der Waals surface area contributed by atoms with Crippen molar-refractivity contribution >= 4 is 0 Å². The summed E-state index contributed by atoms with van der Waals surface area (Å²) in [6.07, 6.45) is 5.41. The van der Waals surface area contributed by atoms with Crippen molar-refractivity contribution < 1.29 is 5.11 Å². The van der Waals surface area contributed by atoms with Gasteiger partial charge in [-0.25, -0.2) is 0 Å². The van der Waals surface area contributed by atoms with Crippen molar-refractivity contribution in [3.05, 3.63) is 53.1 Å². The fraction of sp³-hybridized carbons (Fsp3) is 0.520. The molecule has 0 amide bonds. The maximum Gasteiger partial charge on any atom is 0.123 e. The Labute approximate surface area is 159 Å². The van der Waals surface area contributed by atoms with Crippen LogP contribution >= 0.6 is 0 Å². The molecule has 1 aliphatic carbocycles. The molecule has 0 bridgehead atoms. The fourth-order valence-electron chi connectivity index (χ4n) is 4.15. The molecular formula is C25H34O. The van der Waals surface area contributed by atoms with Gasteiger partial charge >= 0.3 is 0 Å². The highest BCUT2D eigenvalue weighted by atomic mass is 16.3. The van der Waals surface area contributed by atoms with Crippen LogP contribution in [0.5, 0.6) is 5.75 Å². The van der Waals surface area contributed by atoms with Gasteiger partial charge in [0, 0.05) is 11.1 Å². The largest absolute Gasteiger partial charge is 0.507 e. The molecule has 0 heterocycles. The van der Waals surface area contributed by atoms with E-state index < -0.39 is 0 Å². The lowest BCUT2D eigenvalue weighted by Crippen LogP contribution is -2.17. The molecule has 2 aromatic carbocycles. The molecule has 1 nitrogen and oxygen atoms in total. The summed E-state index contributed by atoms with van der Waals surface area (Å²) in [7, 11) is 0. The van der Waals surface area contributed by atoms with E-state index in [1.165, 1.54) is 42.4 Å². The van der Waals surface area contributed by atoms with Crippen LogP contribution in [0.25, 0.3) is 11.1 Å². The summed E-state index contributed by atoms with van der Waals surface area (Å²) in [5.74, 6) is 1.20. The van der Waals surface area contributed by atoms with Crippen LogP contribution in [-0.2, 0) is 10.8 Å². The molecule has 3 rings (SSSR count). The highest BCUT2D eigenvalue weighted by Gasteiger charge is 2.27. The van der Waals surface area contributed by atoms with Gasteiger partial charge in [0.15, 0.2) is 0 Å². The first-order valence-corrected chi connectivity index (χ1v) is 10.1. The van der Waals surface area contributed by atoms with Gasteiger partial charge in [0.2, 0.25) is 0 Å². The molecule has 1 heteroatoms. The molecule has 0 unspecified atom stereocenters. The second-order valence-electron chi connectivity index (χ2n) is 10.0. The molecular weight excluding hydrogens is 316 g/mol. The fourth-order valence-corrected chi connectivity index (χ4v) is 4.15. The van der Waals surface area contributed by atoms with Gasteiger partial charge in [0.1, 0.15) is 5.75 Å². The SMILES string of the molecule is CC(C)(C)c1cc(-c2ccc(C3CCCC3)cc2)cc(C(C)(C)C)c1O. The smallest absolute Gasteiger partial charge is 0.123 e. The van der Waals surface area contributed by atoms with E-state index in [4.69, 9.17) is 0 Å². The maximum atomic E-state index is 10.9. The Balaban J connectivity index is 2.06. The standard InChI is InChI=1S/C25H34O/c1-24(2,3)21-15-20(16-22(23(21)26)25(4,5)6)19-13-11-18(12-14-19)17-9-7-8-10-17/h11-17,26H,7-10H2,1-6H3. The Bertz CT molecular complexity index is 728. The highest BCUT2D eigenvalue weighted by molar-refractivity contribution is 5.69. The van der Waals surface area contributed by atoms with Crippen LogP contribution in [0.2, 0.25) is 0 Å². The summed E-state index contributed by atoms with van der Waals surface area (Å²) >= 11 is 0. The summed E-state index contributed by atoms with van der Waals surface area (Å²) in [5, 5.41) is 10.9. The van der Waals surface area contributed by atoms with Crippen LogP contribution in [0.15, 0.2) is 36.4 Å². The first-order valence-electron chi connectivity index (χ1n) is 10.1. The Hall–Kier alpha value is -1.76. The zero-order chi connectivity index (χ0) is 19.1. The minimum atomic E-state index is -0.0934. The Morgan fingerprint density at radius 3 is 1.62 bits per heavy atom. The summed E-state index contributed by atoms with van der Waals surface area (Å²) in [6, 6.07) is 13.5. The van der Waals surface area contributed by atoms with Crippen molar-refractivity contribution in [1.29, 1.82) is 0 Å². The molecule has 0 aromatic heterocycles. The number of hydrogen-bond donors (Lipinski definition) is 1. The van der Waals surface area contributed by atoms with E-state index in [1.54, 1.807) is 0 Å². The van der Waals surface area contributed by atoms with Crippen LogP contribution < -0.4 is 0 Å². The van der Waals surface area contributed by atoms with Crippen LogP contribution in [0, 0.1) is 0 Å². The quantitative estimate of drug-likeness (QED) is 0.602. The second-order valence-corrected chi connectivity index (χ2v) is 10.0.